The summed E-state index contributed by atoms with van der Waals surface area (Å²) in [5.41, 5.74) is 9.36. The Balaban J connectivity index is 1.26. The lowest BCUT2D eigenvalue weighted by Crippen LogP contribution is -2.46. The number of nitrogens with two attached hydrogens (primary N) is 2. The second-order valence-electron chi connectivity index (χ2n) is 13.9. The molecule has 0 fully saturated rings. The molecule has 0 radical (unpaired) electrons. The number of phenolic OH excluding ortho intramolecular Hbond substituents is 1. The predicted octanol–water partition coefficient (Wildman–Crippen LogP) is 4.46. The summed E-state index contributed by atoms with van der Waals surface area (Å²) >= 11 is 0. The molecule has 0 aliphatic heterocycles. The van der Waals surface area contributed by atoms with Crippen LogP contribution >= 0.6 is 0 Å². The quantitative estimate of drug-likeness (QED) is 0.0473. The minimum Gasteiger partial charge on any atom is -0.504 e. The van der Waals surface area contributed by atoms with Gasteiger partial charge in [0.15, 0.2) is 11.5 Å². The molecule has 0 unspecified atom stereocenters. The SMILES string of the molecule is CC(C)Oc1c(NC(=O)c2ccc(NC(=O)[C@H](CC(N)=O)NC(=O)c3ccc(NC(=O)c4ccc([N+](=O)[O-])cc4)cc3[N+](=O)[O-])cc2)ccc(C(=O)Nc2ccc(C(N)=O)cc2)c1O. The van der Waals surface area contributed by atoms with Crippen molar-refractivity contribution in [3.8, 4) is 11.5 Å². The van der Waals surface area contributed by atoms with Crippen molar-refractivity contribution in [2.45, 2.75) is 32.4 Å². The van der Waals surface area contributed by atoms with Gasteiger partial charge in [-0.25, -0.2) is 0 Å². The van der Waals surface area contributed by atoms with Crippen LogP contribution in [0.3, 0.4) is 0 Å². The first-order valence-corrected chi connectivity index (χ1v) is 18.7. The number of hydrogen-bond acceptors (Lipinski definition) is 13. The fraction of sp³-hybridized carbons (Fsp3) is 0.119. The Bertz CT molecular complexity index is 2690. The van der Waals surface area contributed by atoms with Crippen molar-refractivity contribution < 1.29 is 53.3 Å². The molecule has 0 saturated heterocycles. The maximum Gasteiger partial charge on any atom is 0.284 e. The second-order valence-corrected chi connectivity index (χ2v) is 13.9. The Kier molecular flexibility index (Phi) is 14.3. The van der Waals surface area contributed by atoms with E-state index in [2.05, 4.69) is 26.6 Å². The summed E-state index contributed by atoms with van der Waals surface area (Å²) in [6.07, 6.45) is -1.24. The van der Waals surface area contributed by atoms with E-state index in [4.69, 9.17) is 16.2 Å². The number of nitro benzene ring substituents is 2. The fourth-order valence-electron chi connectivity index (χ4n) is 5.79. The summed E-state index contributed by atoms with van der Waals surface area (Å²) in [5, 5.41) is 46.3. The van der Waals surface area contributed by atoms with Crippen LogP contribution in [-0.4, -0.2) is 68.4 Å². The molecule has 0 saturated carbocycles. The van der Waals surface area contributed by atoms with Gasteiger partial charge in [0.1, 0.15) is 11.6 Å². The number of ether oxygens (including phenoxy) is 1. The first-order chi connectivity index (χ1) is 30.3. The Labute approximate surface area is 361 Å². The number of benzene rings is 5. The number of carbonyl (C=O) groups is 7. The lowest BCUT2D eigenvalue weighted by molar-refractivity contribution is -0.385. The number of primary amides is 2. The van der Waals surface area contributed by atoms with Gasteiger partial charge < -0.3 is 47.9 Å². The van der Waals surface area contributed by atoms with Gasteiger partial charge in [0, 0.05) is 52.0 Å². The molecule has 0 spiro atoms. The van der Waals surface area contributed by atoms with E-state index in [9.17, 15) is 58.9 Å². The molecule has 0 aliphatic carbocycles. The lowest BCUT2D eigenvalue weighted by Gasteiger charge is -2.19. The van der Waals surface area contributed by atoms with E-state index in [0.717, 1.165) is 30.3 Å². The van der Waals surface area contributed by atoms with Crippen molar-refractivity contribution in [3.63, 3.8) is 0 Å². The number of hydrogen-bond donors (Lipinski definition) is 8. The zero-order valence-corrected chi connectivity index (χ0v) is 33.6. The fourth-order valence-corrected chi connectivity index (χ4v) is 5.79. The van der Waals surface area contributed by atoms with Crippen LogP contribution in [0.25, 0.3) is 0 Å². The van der Waals surface area contributed by atoms with Crippen LogP contribution in [-0.2, 0) is 9.59 Å². The number of rotatable bonds is 17. The first kappa shape index (κ1) is 45.9. The van der Waals surface area contributed by atoms with E-state index in [1.54, 1.807) is 13.8 Å². The van der Waals surface area contributed by atoms with Crippen LogP contribution < -0.4 is 42.8 Å². The summed E-state index contributed by atoms with van der Waals surface area (Å²) < 4.78 is 5.75. The van der Waals surface area contributed by atoms with Gasteiger partial charge in [0.2, 0.25) is 17.7 Å². The van der Waals surface area contributed by atoms with E-state index in [-0.39, 0.29) is 50.8 Å². The van der Waals surface area contributed by atoms with Crippen molar-refractivity contribution in [2.75, 3.05) is 21.3 Å². The summed E-state index contributed by atoms with van der Waals surface area (Å²) in [7, 11) is 0. The second kappa shape index (κ2) is 19.9. The van der Waals surface area contributed by atoms with Crippen LogP contribution in [0.4, 0.5) is 34.1 Å². The summed E-state index contributed by atoms with van der Waals surface area (Å²) in [5.74, 6) is -6.75. The third-order valence-corrected chi connectivity index (χ3v) is 8.88. The zero-order chi connectivity index (χ0) is 46.8. The van der Waals surface area contributed by atoms with Gasteiger partial charge in [0.25, 0.3) is 35.0 Å². The zero-order valence-electron chi connectivity index (χ0n) is 33.6. The number of nitro groups is 2. The predicted molar refractivity (Wildman–Crippen MR) is 229 cm³/mol. The molecule has 0 bridgehead atoms. The molecule has 0 aliphatic rings. The average Bonchev–Trinajstić information content (AvgIpc) is 3.24. The van der Waals surface area contributed by atoms with Gasteiger partial charge in [-0.1, -0.05) is 0 Å². The van der Waals surface area contributed by atoms with Crippen molar-refractivity contribution in [3.05, 3.63) is 151 Å². The molecule has 22 heteroatoms. The van der Waals surface area contributed by atoms with Gasteiger partial charge in [-0.3, -0.25) is 53.8 Å². The number of aromatic hydroxyl groups is 1. The van der Waals surface area contributed by atoms with E-state index in [0.29, 0.717) is 5.69 Å². The summed E-state index contributed by atoms with van der Waals surface area (Å²) in [6, 6.07) is 19.5. The van der Waals surface area contributed by atoms with Crippen LogP contribution in [0, 0.1) is 20.2 Å². The van der Waals surface area contributed by atoms with Crippen molar-refractivity contribution in [2.24, 2.45) is 11.5 Å². The van der Waals surface area contributed by atoms with Gasteiger partial charge >= 0.3 is 0 Å². The monoisotopic (exact) mass is 875 g/mol. The molecule has 5 aromatic rings. The highest BCUT2D eigenvalue weighted by Crippen LogP contribution is 2.39. The highest BCUT2D eigenvalue weighted by Gasteiger charge is 2.28. The average molecular weight is 876 g/mol. The van der Waals surface area contributed by atoms with E-state index >= 15 is 0 Å². The van der Waals surface area contributed by atoms with Crippen LogP contribution in [0.15, 0.2) is 103 Å². The maximum atomic E-state index is 13.3. The molecule has 328 valence electrons. The molecule has 1 atom stereocenters. The Morgan fingerprint density at radius 1 is 0.625 bits per heavy atom. The molecule has 5 aromatic carbocycles. The molecular formula is C42H37N9O13. The van der Waals surface area contributed by atoms with Crippen molar-refractivity contribution in [1.82, 2.24) is 5.32 Å². The lowest BCUT2D eigenvalue weighted by atomic mass is 10.1. The molecule has 5 rings (SSSR count). The number of anilines is 4. The standard InChI is InChI=1S/C42H37N9O13/c1-21(2)64-36-31(18-17-30(35(36)53)41(58)45-25-9-3-22(4-10-25)37(44)54)48-39(56)23-5-11-26(12-6-23)46-42(59)32(20-34(43)52)49-40(57)29-16-13-27(19-33(29)51(62)63)47-38(55)24-7-14-28(15-8-24)50(60)61/h3-19,21,32,53H,20H2,1-2H3,(H2,43,52)(H2,44,54)(H,45,58)(H,46,59)(H,47,55)(H,48,56)(H,49,57)/t32-/m0/s1. The Hall–Kier alpha value is -9.21. The van der Waals surface area contributed by atoms with Gasteiger partial charge in [-0.05, 0) is 98.8 Å². The number of nitrogens with zero attached hydrogens (tertiary/aromatic N) is 2. The molecule has 0 heterocycles. The van der Waals surface area contributed by atoms with E-state index < -0.39 is 86.8 Å². The largest absolute Gasteiger partial charge is 0.504 e. The number of phenols is 1. The number of nitrogens with one attached hydrogen (secondary N) is 5. The molecule has 7 amide bonds. The highest BCUT2D eigenvalue weighted by atomic mass is 16.6. The minimum atomic E-state index is -1.64. The summed E-state index contributed by atoms with van der Waals surface area (Å²) in [4.78, 5) is 110. The van der Waals surface area contributed by atoms with Gasteiger partial charge in [-0.15, -0.1) is 0 Å². The number of non-ortho nitro benzene ring substituents is 1. The van der Waals surface area contributed by atoms with Crippen LogP contribution in [0.1, 0.15) is 72.1 Å². The van der Waals surface area contributed by atoms with E-state index in [1.807, 2.05) is 0 Å². The molecule has 22 nitrogen and oxygen atoms in total. The first-order valence-electron chi connectivity index (χ1n) is 18.7. The topological polar surface area (TPSA) is 347 Å². The molecule has 64 heavy (non-hydrogen) atoms. The van der Waals surface area contributed by atoms with Crippen molar-refractivity contribution in [1.29, 1.82) is 0 Å². The van der Waals surface area contributed by atoms with Crippen LogP contribution in [0.2, 0.25) is 0 Å². The van der Waals surface area contributed by atoms with Crippen molar-refractivity contribution >= 4 is 75.5 Å². The van der Waals surface area contributed by atoms with Gasteiger partial charge in [-0.2, -0.15) is 0 Å². The molecule has 0 aromatic heterocycles. The van der Waals surface area contributed by atoms with Crippen LogP contribution in [0.5, 0.6) is 11.5 Å². The number of carbonyl (C=O) groups excluding carboxylic acids is 7. The third-order valence-electron chi connectivity index (χ3n) is 8.88. The highest BCUT2D eigenvalue weighted by molar-refractivity contribution is 6.10. The normalized spacial score (nSPS) is 11.0. The molecular weight excluding hydrogens is 839 g/mol. The minimum absolute atomic E-state index is 0.000312. The summed E-state index contributed by atoms with van der Waals surface area (Å²) in [6.45, 7) is 3.31. The number of amides is 7. The third kappa shape index (κ3) is 11.5. The van der Waals surface area contributed by atoms with Gasteiger partial charge in [0.05, 0.1) is 33.6 Å². The maximum absolute atomic E-state index is 13.3. The van der Waals surface area contributed by atoms with E-state index in [1.165, 1.54) is 72.8 Å². The Morgan fingerprint density at radius 3 is 1.69 bits per heavy atom. The molecule has 10 N–H and O–H groups in total. The Morgan fingerprint density at radius 2 is 1.14 bits per heavy atom. The smallest absolute Gasteiger partial charge is 0.284 e.